The Morgan fingerprint density at radius 2 is 2.38 bits per heavy atom. The van der Waals surface area contributed by atoms with Crippen molar-refractivity contribution in [1.82, 2.24) is 0 Å². The smallest absolute Gasteiger partial charge is 0.339 e. The van der Waals surface area contributed by atoms with E-state index in [1.807, 2.05) is 6.07 Å². The lowest BCUT2D eigenvalue weighted by Gasteiger charge is -2.15. The van der Waals surface area contributed by atoms with E-state index in [9.17, 15) is 4.79 Å². The number of methoxy groups -OCH3 is 2. The molecule has 0 saturated carbocycles. The first kappa shape index (κ1) is 12.5. The molecule has 1 heterocycles. The second-order valence-electron chi connectivity index (χ2n) is 3.01. The number of nitriles is 1. The van der Waals surface area contributed by atoms with E-state index >= 15 is 0 Å². The monoisotopic (exact) mass is 238 g/mol. The highest BCUT2D eigenvalue weighted by atomic mass is 32.1. The highest BCUT2D eigenvalue weighted by molar-refractivity contribution is 7.80. The SMILES string of the molecule is COCC1=NC(=S)C(C#N)C=C1C(=O)OC. The summed E-state index contributed by atoms with van der Waals surface area (Å²) >= 11 is 4.93. The number of hydrogen-bond donors (Lipinski definition) is 0. The van der Waals surface area contributed by atoms with Crippen molar-refractivity contribution in [1.29, 1.82) is 5.26 Å². The molecule has 0 amide bonds. The van der Waals surface area contributed by atoms with Crippen molar-refractivity contribution in [3.05, 3.63) is 11.6 Å². The van der Waals surface area contributed by atoms with Crippen molar-refractivity contribution in [2.75, 3.05) is 20.8 Å². The summed E-state index contributed by atoms with van der Waals surface area (Å²) in [5, 5.41) is 8.82. The molecule has 0 aromatic carbocycles. The Balaban J connectivity index is 3.08. The Morgan fingerprint density at radius 1 is 1.69 bits per heavy atom. The van der Waals surface area contributed by atoms with Gasteiger partial charge in [-0.3, -0.25) is 0 Å². The van der Waals surface area contributed by atoms with Crippen LogP contribution < -0.4 is 0 Å². The summed E-state index contributed by atoms with van der Waals surface area (Å²) in [6.45, 7) is 0.152. The molecule has 0 spiro atoms. The molecule has 0 fully saturated rings. The summed E-state index contributed by atoms with van der Waals surface area (Å²) in [6.07, 6.45) is 1.45. The number of carbonyl (C=O) groups is 1. The molecule has 0 aromatic rings. The Labute approximate surface area is 98.4 Å². The fraction of sp³-hybridized carbons (Fsp3) is 0.400. The number of aliphatic imine (C=N–C) groups is 1. The van der Waals surface area contributed by atoms with Gasteiger partial charge in [0.15, 0.2) is 0 Å². The summed E-state index contributed by atoms with van der Waals surface area (Å²) in [6, 6.07) is 1.95. The lowest BCUT2D eigenvalue weighted by molar-refractivity contribution is -0.135. The quantitative estimate of drug-likeness (QED) is 0.533. The van der Waals surface area contributed by atoms with Crippen molar-refractivity contribution >= 4 is 28.9 Å². The second kappa shape index (κ2) is 5.49. The van der Waals surface area contributed by atoms with Gasteiger partial charge in [0, 0.05) is 7.11 Å². The van der Waals surface area contributed by atoms with E-state index in [0.717, 1.165) is 0 Å². The zero-order valence-electron chi connectivity index (χ0n) is 8.89. The van der Waals surface area contributed by atoms with Gasteiger partial charge in [-0.2, -0.15) is 5.26 Å². The summed E-state index contributed by atoms with van der Waals surface area (Å²) in [4.78, 5) is 15.7. The first-order valence-electron chi connectivity index (χ1n) is 4.44. The fourth-order valence-electron chi connectivity index (χ4n) is 1.23. The molecule has 1 aliphatic heterocycles. The summed E-state index contributed by atoms with van der Waals surface area (Å²) in [5.74, 6) is -1.21. The van der Waals surface area contributed by atoms with Gasteiger partial charge in [-0.05, 0) is 6.08 Å². The number of rotatable bonds is 3. The highest BCUT2D eigenvalue weighted by Crippen LogP contribution is 2.16. The minimum absolute atomic E-state index is 0.152. The molecule has 0 radical (unpaired) electrons. The normalized spacial score (nSPS) is 19.6. The summed E-state index contributed by atoms with van der Waals surface area (Å²) in [7, 11) is 2.75. The number of carbonyl (C=O) groups excluding carboxylic acids is 1. The molecule has 1 unspecified atom stereocenters. The maximum atomic E-state index is 11.4. The maximum Gasteiger partial charge on any atom is 0.339 e. The highest BCUT2D eigenvalue weighted by Gasteiger charge is 2.26. The summed E-state index contributed by atoms with van der Waals surface area (Å²) < 4.78 is 9.50. The third kappa shape index (κ3) is 2.51. The minimum atomic E-state index is -0.662. The second-order valence-corrected chi connectivity index (χ2v) is 3.43. The van der Waals surface area contributed by atoms with Gasteiger partial charge in [-0.25, -0.2) is 9.79 Å². The van der Waals surface area contributed by atoms with E-state index in [-0.39, 0.29) is 17.2 Å². The molecule has 1 atom stereocenters. The third-order valence-electron chi connectivity index (χ3n) is 1.98. The molecule has 16 heavy (non-hydrogen) atoms. The van der Waals surface area contributed by atoms with Crippen molar-refractivity contribution in [3.8, 4) is 6.07 Å². The van der Waals surface area contributed by atoms with Gasteiger partial charge >= 0.3 is 5.97 Å². The average Bonchev–Trinajstić information content (AvgIpc) is 2.29. The molecule has 5 nitrogen and oxygen atoms in total. The van der Waals surface area contributed by atoms with Crippen molar-refractivity contribution in [2.24, 2.45) is 10.9 Å². The van der Waals surface area contributed by atoms with Gasteiger partial charge < -0.3 is 9.47 Å². The van der Waals surface area contributed by atoms with Crippen LogP contribution in [-0.4, -0.2) is 37.5 Å². The zero-order valence-corrected chi connectivity index (χ0v) is 9.71. The van der Waals surface area contributed by atoms with Crippen LogP contribution in [-0.2, 0) is 14.3 Å². The first-order chi connectivity index (χ1) is 7.63. The molecule has 1 rings (SSSR count). The average molecular weight is 238 g/mol. The Morgan fingerprint density at radius 3 is 2.88 bits per heavy atom. The molecule has 0 aliphatic carbocycles. The molecule has 0 saturated heterocycles. The van der Waals surface area contributed by atoms with Crippen molar-refractivity contribution in [2.45, 2.75) is 0 Å². The van der Waals surface area contributed by atoms with Crippen LogP contribution in [0.25, 0.3) is 0 Å². The van der Waals surface area contributed by atoms with E-state index in [1.54, 1.807) is 0 Å². The fourth-order valence-corrected chi connectivity index (χ4v) is 1.46. The van der Waals surface area contributed by atoms with Crippen LogP contribution in [0.1, 0.15) is 0 Å². The van der Waals surface area contributed by atoms with Crippen LogP contribution >= 0.6 is 12.2 Å². The van der Waals surface area contributed by atoms with Crippen LogP contribution in [0.2, 0.25) is 0 Å². The number of dihydropyridines is 1. The molecule has 0 bridgehead atoms. The molecule has 6 heteroatoms. The minimum Gasteiger partial charge on any atom is -0.465 e. The zero-order chi connectivity index (χ0) is 12.1. The third-order valence-corrected chi connectivity index (χ3v) is 2.33. The number of esters is 1. The number of thiocarbonyl (C=S) groups is 1. The van der Waals surface area contributed by atoms with E-state index in [1.165, 1.54) is 20.3 Å². The maximum absolute atomic E-state index is 11.4. The molecule has 0 N–H and O–H groups in total. The summed E-state index contributed by atoms with van der Waals surface area (Å²) in [5.41, 5.74) is 0.635. The van der Waals surface area contributed by atoms with Gasteiger partial charge in [0.25, 0.3) is 0 Å². The van der Waals surface area contributed by atoms with Gasteiger partial charge in [0.2, 0.25) is 0 Å². The van der Waals surface area contributed by atoms with Crippen molar-refractivity contribution < 1.29 is 14.3 Å². The van der Waals surface area contributed by atoms with E-state index in [2.05, 4.69) is 9.73 Å². The standard InChI is InChI=1S/C10H10N2O3S/c1-14-5-8-7(10(13)15-2)3-6(4-11)9(16)12-8/h3,6H,5H2,1-2H3. The van der Waals surface area contributed by atoms with E-state index < -0.39 is 11.9 Å². The van der Waals surface area contributed by atoms with Crippen LogP contribution in [0.15, 0.2) is 16.6 Å². The topological polar surface area (TPSA) is 71.7 Å². The van der Waals surface area contributed by atoms with Gasteiger partial charge in [0.1, 0.15) is 10.9 Å². The first-order valence-corrected chi connectivity index (χ1v) is 4.85. The largest absolute Gasteiger partial charge is 0.465 e. The van der Waals surface area contributed by atoms with E-state index in [4.69, 9.17) is 22.2 Å². The molecule has 84 valence electrons. The van der Waals surface area contributed by atoms with E-state index in [0.29, 0.717) is 5.71 Å². The number of hydrogen-bond acceptors (Lipinski definition) is 5. The molecule has 1 aliphatic rings. The predicted octanol–water partition coefficient (Wildman–Crippen LogP) is 0.654. The predicted molar refractivity (Wildman–Crippen MR) is 61.1 cm³/mol. The number of ether oxygens (including phenoxy) is 2. The lowest BCUT2D eigenvalue weighted by atomic mass is 10.00. The molecular formula is C10H10N2O3S. The Hall–Kier alpha value is -1.58. The van der Waals surface area contributed by atoms with Crippen LogP contribution in [0, 0.1) is 17.2 Å². The molecule has 0 aromatic heterocycles. The van der Waals surface area contributed by atoms with Crippen LogP contribution in [0.3, 0.4) is 0 Å². The van der Waals surface area contributed by atoms with Gasteiger partial charge in [0.05, 0.1) is 31.1 Å². The Kier molecular flexibility index (Phi) is 4.28. The Bertz CT molecular complexity index is 420. The lowest BCUT2D eigenvalue weighted by Crippen LogP contribution is -2.26. The molecular weight excluding hydrogens is 228 g/mol. The van der Waals surface area contributed by atoms with Gasteiger partial charge in [-0.15, -0.1) is 0 Å². The number of nitrogens with zero attached hydrogens (tertiary/aromatic N) is 2. The van der Waals surface area contributed by atoms with Crippen LogP contribution in [0.4, 0.5) is 0 Å². The van der Waals surface area contributed by atoms with Crippen molar-refractivity contribution in [3.63, 3.8) is 0 Å². The van der Waals surface area contributed by atoms with Crippen LogP contribution in [0.5, 0.6) is 0 Å². The van der Waals surface area contributed by atoms with Gasteiger partial charge in [-0.1, -0.05) is 12.2 Å².